The normalized spacial score (nSPS) is 18.9. The number of pyridine rings is 1. The third-order valence-electron chi connectivity index (χ3n) is 7.55. The second-order valence-corrected chi connectivity index (χ2v) is 10.7. The molecule has 0 aliphatic carbocycles. The van der Waals surface area contributed by atoms with Gasteiger partial charge in [0.05, 0.1) is 17.3 Å². The Morgan fingerprint density at radius 2 is 1.85 bits per heavy atom. The molecule has 4 heterocycles. The molecule has 1 aromatic carbocycles. The van der Waals surface area contributed by atoms with Crippen molar-refractivity contribution in [3.63, 3.8) is 0 Å². The van der Waals surface area contributed by atoms with E-state index in [0.717, 1.165) is 73.0 Å². The van der Waals surface area contributed by atoms with Gasteiger partial charge in [-0.15, -0.1) is 0 Å². The standard InChI is InChI=1S/C28H33ClFN7O.C2H6/c1-18-13-21(8-9-32-38)16-31-27(18)35-11-12-36(20(3)17-35)26-15-25(22-6-7-24(30)23(29)14-22)33-28(34-26)37-10-4-5-19(37)2;1-2/h6-7,13-16,19-20H,4-5,8-12,17H2,1-3H3;1-2H3. The van der Waals surface area contributed by atoms with Crippen molar-refractivity contribution in [1.29, 1.82) is 0 Å². The number of hydrogen-bond acceptors (Lipinski definition) is 8. The Labute approximate surface area is 241 Å². The summed E-state index contributed by atoms with van der Waals surface area (Å²) < 4.78 is 13.9. The molecule has 40 heavy (non-hydrogen) atoms. The summed E-state index contributed by atoms with van der Waals surface area (Å²) in [6.45, 7) is 14.0. The monoisotopic (exact) mass is 567 g/mol. The van der Waals surface area contributed by atoms with Crippen molar-refractivity contribution in [2.75, 3.05) is 47.4 Å². The molecule has 0 N–H and O–H groups in total. The zero-order chi connectivity index (χ0) is 28.8. The van der Waals surface area contributed by atoms with Crippen molar-refractivity contribution in [1.82, 2.24) is 15.0 Å². The molecule has 0 bridgehead atoms. The summed E-state index contributed by atoms with van der Waals surface area (Å²) in [5, 5.41) is 3.04. The van der Waals surface area contributed by atoms with Gasteiger partial charge in [0.25, 0.3) is 0 Å². The average Bonchev–Trinajstić information content (AvgIpc) is 3.40. The van der Waals surface area contributed by atoms with Crippen molar-refractivity contribution in [2.45, 2.75) is 66.0 Å². The van der Waals surface area contributed by atoms with Crippen LogP contribution in [-0.4, -0.2) is 59.8 Å². The smallest absolute Gasteiger partial charge is 0.228 e. The first-order chi connectivity index (χ1) is 19.3. The number of nitrogens with zero attached hydrogens (tertiary/aromatic N) is 7. The quantitative estimate of drug-likeness (QED) is 0.295. The molecular weight excluding hydrogens is 529 g/mol. The average molecular weight is 568 g/mol. The summed E-state index contributed by atoms with van der Waals surface area (Å²) in [5.41, 5.74) is 3.62. The van der Waals surface area contributed by atoms with E-state index >= 15 is 0 Å². The number of aromatic nitrogens is 3. The van der Waals surface area contributed by atoms with E-state index in [1.807, 2.05) is 26.1 Å². The number of halogens is 2. The maximum atomic E-state index is 13.9. The molecule has 0 spiro atoms. The number of rotatable bonds is 7. The first-order valence-electron chi connectivity index (χ1n) is 14.2. The molecule has 0 amide bonds. The Bertz CT molecular complexity index is 1320. The van der Waals surface area contributed by atoms with Crippen LogP contribution in [-0.2, 0) is 6.42 Å². The van der Waals surface area contributed by atoms with Crippen LogP contribution in [0, 0.1) is 17.6 Å². The van der Waals surface area contributed by atoms with Crippen LogP contribution < -0.4 is 14.7 Å². The Morgan fingerprint density at radius 1 is 1.05 bits per heavy atom. The summed E-state index contributed by atoms with van der Waals surface area (Å²) in [6.07, 6.45) is 4.67. The topological polar surface area (TPSA) is 77.8 Å². The molecule has 8 nitrogen and oxygen atoms in total. The van der Waals surface area contributed by atoms with Gasteiger partial charge in [-0.25, -0.2) is 14.4 Å². The third kappa shape index (κ3) is 6.52. The second-order valence-electron chi connectivity index (χ2n) is 10.3. The van der Waals surface area contributed by atoms with Gasteiger partial charge < -0.3 is 14.7 Å². The summed E-state index contributed by atoms with van der Waals surface area (Å²) in [6, 6.07) is 9.35. The van der Waals surface area contributed by atoms with Gasteiger partial charge in [0, 0.05) is 56.1 Å². The minimum atomic E-state index is -0.444. The fourth-order valence-corrected chi connectivity index (χ4v) is 5.67. The highest BCUT2D eigenvalue weighted by Crippen LogP contribution is 2.32. The lowest BCUT2D eigenvalue weighted by molar-refractivity contribution is 0.541. The van der Waals surface area contributed by atoms with Crippen LogP contribution in [0.4, 0.5) is 22.0 Å². The van der Waals surface area contributed by atoms with Gasteiger partial charge in [-0.3, -0.25) is 0 Å². The maximum Gasteiger partial charge on any atom is 0.228 e. The second kappa shape index (κ2) is 13.4. The molecule has 2 saturated heterocycles. The largest absolute Gasteiger partial charge is 0.353 e. The van der Waals surface area contributed by atoms with E-state index in [1.165, 1.54) is 6.07 Å². The molecule has 2 fully saturated rings. The number of piperazine rings is 1. The van der Waals surface area contributed by atoms with Crippen LogP contribution in [0.5, 0.6) is 0 Å². The number of aryl methyl sites for hydroxylation is 1. The first kappa shape index (κ1) is 29.6. The fraction of sp³-hybridized carbons (Fsp3) is 0.500. The number of hydrogen-bond donors (Lipinski definition) is 0. The number of anilines is 3. The molecule has 3 aromatic rings. The Balaban J connectivity index is 0.00000181. The van der Waals surface area contributed by atoms with Crippen molar-refractivity contribution in [2.24, 2.45) is 5.18 Å². The molecule has 10 heteroatoms. The van der Waals surface area contributed by atoms with Crippen molar-refractivity contribution in [3.8, 4) is 11.3 Å². The van der Waals surface area contributed by atoms with Crippen LogP contribution in [0.15, 0.2) is 41.7 Å². The minimum Gasteiger partial charge on any atom is -0.353 e. The van der Waals surface area contributed by atoms with Crippen LogP contribution in [0.3, 0.4) is 0 Å². The van der Waals surface area contributed by atoms with Crippen molar-refractivity contribution < 1.29 is 4.39 Å². The van der Waals surface area contributed by atoms with Gasteiger partial charge >= 0.3 is 0 Å². The Morgan fingerprint density at radius 3 is 2.50 bits per heavy atom. The SMILES string of the molecule is CC.Cc1cc(CCN=O)cnc1N1CCN(c2cc(-c3ccc(F)c(Cl)c3)nc(N3CCCC3C)n2)C(C)C1. The van der Waals surface area contributed by atoms with E-state index in [9.17, 15) is 9.30 Å². The number of nitroso groups, excluding NO2 is 1. The zero-order valence-corrected chi connectivity index (χ0v) is 24.8. The zero-order valence-electron chi connectivity index (χ0n) is 24.1. The van der Waals surface area contributed by atoms with Crippen LogP contribution in [0.25, 0.3) is 11.3 Å². The lowest BCUT2D eigenvalue weighted by Crippen LogP contribution is -2.53. The minimum absolute atomic E-state index is 0.0806. The van der Waals surface area contributed by atoms with Gasteiger partial charge in [0.15, 0.2) is 0 Å². The highest BCUT2D eigenvalue weighted by Gasteiger charge is 2.29. The van der Waals surface area contributed by atoms with Gasteiger partial charge in [-0.2, -0.15) is 9.89 Å². The molecule has 2 aromatic heterocycles. The predicted molar refractivity (Wildman–Crippen MR) is 162 cm³/mol. The van der Waals surface area contributed by atoms with Crippen LogP contribution in [0.1, 0.15) is 51.7 Å². The van der Waals surface area contributed by atoms with Gasteiger partial charge in [-0.1, -0.05) is 36.7 Å². The van der Waals surface area contributed by atoms with E-state index in [4.69, 9.17) is 26.6 Å². The predicted octanol–water partition coefficient (Wildman–Crippen LogP) is 6.68. The molecule has 2 atom stereocenters. The molecule has 2 aliphatic heterocycles. The van der Waals surface area contributed by atoms with E-state index < -0.39 is 5.82 Å². The van der Waals surface area contributed by atoms with Crippen molar-refractivity contribution in [3.05, 3.63) is 63.4 Å². The maximum absolute atomic E-state index is 13.9. The lowest BCUT2D eigenvalue weighted by atomic mass is 10.1. The molecule has 5 rings (SSSR count). The molecule has 2 unspecified atom stereocenters. The summed E-state index contributed by atoms with van der Waals surface area (Å²) in [7, 11) is 0. The summed E-state index contributed by atoms with van der Waals surface area (Å²) in [5.74, 6) is 2.09. The summed E-state index contributed by atoms with van der Waals surface area (Å²) in [4.78, 5) is 32.0. The highest BCUT2D eigenvalue weighted by molar-refractivity contribution is 6.31. The molecule has 2 aliphatic rings. The Kier molecular flexibility index (Phi) is 9.90. The van der Waals surface area contributed by atoms with Crippen LogP contribution in [0.2, 0.25) is 5.02 Å². The third-order valence-corrected chi connectivity index (χ3v) is 7.84. The Hall–Kier alpha value is -3.33. The molecule has 214 valence electrons. The highest BCUT2D eigenvalue weighted by atomic mass is 35.5. The molecule has 0 saturated carbocycles. The van der Waals surface area contributed by atoms with Gasteiger partial charge in [-0.05, 0) is 69.4 Å². The summed E-state index contributed by atoms with van der Waals surface area (Å²) >= 11 is 6.12. The van der Waals surface area contributed by atoms with Gasteiger partial charge in [0.2, 0.25) is 5.95 Å². The van der Waals surface area contributed by atoms with Crippen LogP contribution >= 0.6 is 11.6 Å². The number of benzene rings is 1. The molecular formula is C30H39ClFN7O. The van der Waals surface area contributed by atoms with E-state index in [1.54, 1.807) is 12.1 Å². The van der Waals surface area contributed by atoms with E-state index in [0.29, 0.717) is 18.4 Å². The fourth-order valence-electron chi connectivity index (χ4n) is 5.49. The van der Waals surface area contributed by atoms with Crippen molar-refractivity contribution >= 4 is 29.2 Å². The van der Waals surface area contributed by atoms with Gasteiger partial charge in [0.1, 0.15) is 17.5 Å². The first-order valence-corrected chi connectivity index (χ1v) is 14.6. The van der Waals surface area contributed by atoms with E-state index in [2.05, 4.69) is 46.7 Å². The lowest BCUT2D eigenvalue weighted by Gasteiger charge is -2.41. The van der Waals surface area contributed by atoms with E-state index in [-0.39, 0.29) is 17.6 Å². The molecule has 0 radical (unpaired) electrons.